The minimum absolute atomic E-state index is 0.0266. The number of rotatable bonds is 6. The Balaban J connectivity index is 1.49. The molecule has 0 atom stereocenters. The molecule has 0 unspecified atom stereocenters. The van der Waals surface area contributed by atoms with Gasteiger partial charge in [-0.3, -0.25) is 4.79 Å². The maximum absolute atomic E-state index is 13.7. The Hall–Kier alpha value is -3.95. The Kier molecular flexibility index (Phi) is 5.99. The predicted molar refractivity (Wildman–Crippen MR) is 115 cm³/mol. The Morgan fingerprint density at radius 2 is 1.82 bits per heavy atom. The number of hydrogen-bond donors (Lipinski definition) is 1. The summed E-state index contributed by atoms with van der Waals surface area (Å²) < 4.78 is 44.2. The number of nitrogens with one attached hydrogen (secondary N) is 1. The lowest BCUT2D eigenvalue weighted by Crippen LogP contribution is -2.25. The zero-order chi connectivity index (χ0) is 23.6. The van der Waals surface area contributed by atoms with Gasteiger partial charge in [0.2, 0.25) is 0 Å². The number of aryl methyl sites for hydroxylation is 2. The zero-order valence-corrected chi connectivity index (χ0v) is 18.0. The molecule has 0 radical (unpaired) electrons. The standard InChI is InChI=1S/C23H21F3N6O/c1-15-10-16(2)32(29-15)19-9-8-18(20(11-19)23(24,25)26)12-27-22(33)21-14-31(30-28-21)13-17-6-4-3-5-7-17/h3-11,14H,12-13H2,1-2H3,(H,27,33). The number of benzene rings is 2. The second kappa shape index (κ2) is 8.89. The normalized spacial score (nSPS) is 11.5. The SMILES string of the molecule is Cc1cc(C)n(-c2ccc(CNC(=O)c3cn(Cc4ccccc4)nn3)c(C(F)(F)F)c2)n1. The molecule has 170 valence electrons. The van der Waals surface area contributed by atoms with Gasteiger partial charge in [-0.25, -0.2) is 9.36 Å². The zero-order valence-electron chi connectivity index (χ0n) is 18.0. The first-order chi connectivity index (χ1) is 15.7. The van der Waals surface area contributed by atoms with Crippen molar-refractivity contribution in [3.8, 4) is 5.69 Å². The van der Waals surface area contributed by atoms with E-state index in [1.165, 1.54) is 21.6 Å². The molecule has 1 N–H and O–H groups in total. The molecule has 0 aliphatic carbocycles. The molecule has 33 heavy (non-hydrogen) atoms. The van der Waals surface area contributed by atoms with Crippen molar-refractivity contribution in [3.63, 3.8) is 0 Å². The van der Waals surface area contributed by atoms with Crippen molar-refractivity contribution < 1.29 is 18.0 Å². The van der Waals surface area contributed by atoms with Crippen molar-refractivity contribution in [2.24, 2.45) is 0 Å². The predicted octanol–water partition coefficient (Wildman–Crippen LogP) is 4.08. The molecule has 0 spiro atoms. The minimum Gasteiger partial charge on any atom is -0.346 e. The number of aromatic nitrogens is 5. The molecule has 1 amide bonds. The van der Waals surface area contributed by atoms with Gasteiger partial charge in [0.15, 0.2) is 5.69 Å². The molecule has 0 bridgehead atoms. The molecule has 10 heteroatoms. The van der Waals surface area contributed by atoms with Crippen LogP contribution in [0.3, 0.4) is 0 Å². The van der Waals surface area contributed by atoms with Crippen LogP contribution in [0.5, 0.6) is 0 Å². The van der Waals surface area contributed by atoms with Crippen LogP contribution in [0.2, 0.25) is 0 Å². The summed E-state index contributed by atoms with van der Waals surface area (Å²) >= 11 is 0. The third-order valence-corrected chi connectivity index (χ3v) is 5.05. The van der Waals surface area contributed by atoms with Crippen molar-refractivity contribution in [3.05, 3.63) is 94.6 Å². The van der Waals surface area contributed by atoms with Crippen LogP contribution < -0.4 is 5.32 Å². The summed E-state index contributed by atoms with van der Waals surface area (Å²) in [7, 11) is 0. The van der Waals surface area contributed by atoms with Crippen molar-refractivity contribution >= 4 is 5.91 Å². The maximum atomic E-state index is 13.7. The third-order valence-electron chi connectivity index (χ3n) is 5.05. The summed E-state index contributed by atoms with van der Waals surface area (Å²) in [6, 6.07) is 15.2. The maximum Gasteiger partial charge on any atom is 0.416 e. The van der Waals surface area contributed by atoms with Gasteiger partial charge in [-0.2, -0.15) is 18.3 Å². The van der Waals surface area contributed by atoms with Crippen LogP contribution >= 0.6 is 0 Å². The van der Waals surface area contributed by atoms with E-state index in [-0.39, 0.29) is 17.8 Å². The molecule has 0 aliphatic heterocycles. The lowest BCUT2D eigenvalue weighted by atomic mass is 10.1. The van der Waals surface area contributed by atoms with Crippen LogP contribution in [0.25, 0.3) is 5.69 Å². The summed E-state index contributed by atoms with van der Waals surface area (Å²) in [6.07, 6.45) is -3.14. The van der Waals surface area contributed by atoms with Gasteiger partial charge in [0, 0.05) is 12.2 Å². The van der Waals surface area contributed by atoms with Crippen LogP contribution in [-0.2, 0) is 19.3 Å². The second-order valence-corrected chi connectivity index (χ2v) is 7.65. The van der Waals surface area contributed by atoms with E-state index in [1.807, 2.05) is 30.3 Å². The number of carbonyl (C=O) groups excluding carboxylic acids is 1. The largest absolute Gasteiger partial charge is 0.416 e. The molecule has 2 aromatic heterocycles. The highest BCUT2D eigenvalue weighted by Crippen LogP contribution is 2.33. The number of hydrogen-bond acceptors (Lipinski definition) is 4. The van der Waals surface area contributed by atoms with Gasteiger partial charge >= 0.3 is 6.18 Å². The molecular formula is C23H21F3N6O. The fourth-order valence-electron chi connectivity index (χ4n) is 3.52. The third kappa shape index (κ3) is 5.11. The van der Waals surface area contributed by atoms with E-state index < -0.39 is 17.6 Å². The summed E-state index contributed by atoms with van der Waals surface area (Å²) in [5.74, 6) is -0.606. The van der Waals surface area contributed by atoms with Crippen LogP contribution in [0, 0.1) is 13.8 Å². The van der Waals surface area contributed by atoms with E-state index >= 15 is 0 Å². The van der Waals surface area contributed by atoms with Gasteiger partial charge < -0.3 is 5.32 Å². The van der Waals surface area contributed by atoms with Gasteiger partial charge in [0.25, 0.3) is 5.91 Å². The first-order valence-corrected chi connectivity index (χ1v) is 10.2. The Morgan fingerprint density at radius 3 is 2.48 bits per heavy atom. The average Bonchev–Trinajstić information content (AvgIpc) is 3.37. The lowest BCUT2D eigenvalue weighted by Gasteiger charge is -2.15. The van der Waals surface area contributed by atoms with Crippen LogP contribution in [-0.4, -0.2) is 30.7 Å². The summed E-state index contributed by atoms with van der Waals surface area (Å²) in [5.41, 5.74) is 1.84. The molecule has 4 rings (SSSR count). The van der Waals surface area contributed by atoms with Crippen molar-refractivity contribution in [2.45, 2.75) is 33.1 Å². The highest BCUT2D eigenvalue weighted by Gasteiger charge is 2.34. The minimum atomic E-state index is -4.59. The van der Waals surface area contributed by atoms with Gasteiger partial charge in [-0.05, 0) is 43.2 Å². The summed E-state index contributed by atoms with van der Waals surface area (Å²) in [6.45, 7) is 3.66. The van der Waals surface area contributed by atoms with Crippen LogP contribution in [0.15, 0.2) is 60.8 Å². The molecule has 7 nitrogen and oxygen atoms in total. The van der Waals surface area contributed by atoms with Crippen LogP contribution in [0.1, 0.15) is 38.6 Å². The highest BCUT2D eigenvalue weighted by atomic mass is 19.4. The quantitative estimate of drug-likeness (QED) is 0.476. The van der Waals surface area contributed by atoms with Crippen molar-refractivity contribution in [1.29, 1.82) is 0 Å². The number of nitrogens with zero attached hydrogens (tertiary/aromatic N) is 5. The number of carbonyl (C=O) groups is 1. The molecule has 0 aliphatic rings. The molecule has 2 aromatic carbocycles. The van der Waals surface area contributed by atoms with Gasteiger partial charge in [-0.1, -0.05) is 41.6 Å². The van der Waals surface area contributed by atoms with Crippen molar-refractivity contribution in [2.75, 3.05) is 0 Å². The monoisotopic (exact) mass is 454 g/mol. The van der Waals surface area contributed by atoms with Gasteiger partial charge in [0.1, 0.15) is 0 Å². The molecule has 0 saturated carbocycles. The average molecular weight is 454 g/mol. The fourth-order valence-corrected chi connectivity index (χ4v) is 3.52. The van der Waals surface area contributed by atoms with Gasteiger partial charge in [0.05, 0.1) is 29.7 Å². The lowest BCUT2D eigenvalue weighted by molar-refractivity contribution is -0.138. The van der Waals surface area contributed by atoms with E-state index in [0.717, 1.165) is 17.3 Å². The van der Waals surface area contributed by atoms with E-state index in [4.69, 9.17) is 0 Å². The Morgan fingerprint density at radius 1 is 1.06 bits per heavy atom. The Bertz CT molecular complexity index is 1280. The van der Waals surface area contributed by atoms with E-state index in [9.17, 15) is 18.0 Å². The molecule has 2 heterocycles. The smallest absolute Gasteiger partial charge is 0.346 e. The molecular weight excluding hydrogens is 433 g/mol. The number of amides is 1. The molecule has 0 fully saturated rings. The van der Waals surface area contributed by atoms with Crippen molar-refractivity contribution in [1.82, 2.24) is 30.1 Å². The molecule has 0 saturated heterocycles. The second-order valence-electron chi connectivity index (χ2n) is 7.65. The highest BCUT2D eigenvalue weighted by molar-refractivity contribution is 5.91. The summed E-state index contributed by atoms with van der Waals surface area (Å²) in [5, 5.41) is 14.5. The number of halogens is 3. The fraction of sp³-hybridized carbons (Fsp3) is 0.217. The van der Waals surface area contributed by atoms with Gasteiger partial charge in [-0.15, -0.1) is 5.10 Å². The first kappa shape index (κ1) is 22.3. The first-order valence-electron chi connectivity index (χ1n) is 10.2. The van der Waals surface area contributed by atoms with E-state index in [2.05, 4.69) is 20.7 Å². The van der Waals surface area contributed by atoms with E-state index in [0.29, 0.717) is 17.9 Å². The number of alkyl halides is 3. The Labute approximate surface area is 187 Å². The van der Waals surface area contributed by atoms with E-state index in [1.54, 1.807) is 26.0 Å². The summed E-state index contributed by atoms with van der Waals surface area (Å²) in [4.78, 5) is 12.5. The topological polar surface area (TPSA) is 77.6 Å². The van der Waals surface area contributed by atoms with Crippen LogP contribution in [0.4, 0.5) is 13.2 Å². The molecule has 4 aromatic rings.